The van der Waals surface area contributed by atoms with Gasteiger partial charge in [-0.2, -0.15) is 0 Å². The largest absolute Gasteiger partial charge is 0.493 e. The predicted octanol–water partition coefficient (Wildman–Crippen LogP) is 3.89. The highest BCUT2D eigenvalue weighted by Gasteiger charge is 2.15. The summed E-state index contributed by atoms with van der Waals surface area (Å²) in [5.74, 6) is 1.44. The van der Waals surface area contributed by atoms with Crippen LogP contribution in [-0.2, 0) is 13.0 Å². The number of carbonyl (C=O) groups is 1. The molecule has 112 valence electrons. The first kappa shape index (κ1) is 15.5. The lowest BCUT2D eigenvalue weighted by molar-refractivity contribution is 0.102. The van der Waals surface area contributed by atoms with Crippen LogP contribution < -0.4 is 9.47 Å². The summed E-state index contributed by atoms with van der Waals surface area (Å²) in [5, 5.41) is 0.814. The van der Waals surface area contributed by atoms with Gasteiger partial charge in [-0.05, 0) is 18.6 Å². The van der Waals surface area contributed by atoms with E-state index in [0.717, 1.165) is 28.4 Å². The van der Waals surface area contributed by atoms with Crippen molar-refractivity contribution in [3.05, 3.63) is 39.8 Å². The second-order valence-electron chi connectivity index (χ2n) is 4.63. The summed E-state index contributed by atoms with van der Waals surface area (Å²) in [6, 6.07) is 7.48. The molecule has 0 unspecified atom stereocenters. The van der Waals surface area contributed by atoms with Gasteiger partial charge in [-0.25, -0.2) is 4.98 Å². The molecule has 2 aromatic rings. The standard InChI is InChI=1S/C16H19NO3S/c1-4-7-12-16(11(2)18)21-15(17-12)10-20-14-9-6-5-8-13(14)19-3/h5-6,8-9H,4,7,10H2,1-3H3. The molecular formula is C16H19NO3S. The van der Waals surface area contributed by atoms with Gasteiger partial charge in [0.05, 0.1) is 17.7 Å². The Balaban J connectivity index is 2.13. The fourth-order valence-electron chi connectivity index (χ4n) is 2.02. The van der Waals surface area contributed by atoms with Crippen LogP contribution in [0.1, 0.15) is 40.6 Å². The summed E-state index contributed by atoms with van der Waals surface area (Å²) in [4.78, 5) is 16.9. The van der Waals surface area contributed by atoms with Gasteiger partial charge >= 0.3 is 0 Å². The monoisotopic (exact) mass is 305 g/mol. The number of ketones is 1. The number of ether oxygens (including phenoxy) is 2. The molecule has 0 atom stereocenters. The second kappa shape index (κ2) is 7.22. The van der Waals surface area contributed by atoms with E-state index in [4.69, 9.17) is 9.47 Å². The van der Waals surface area contributed by atoms with E-state index < -0.39 is 0 Å². The van der Waals surface area contributed by atoms with Gasteiger partial charge in [-0.15, -0.1) is 11.3 Å². The predicted molar refractivity (Wildman–Crippen MR) is 83.4 cm³/mol. The number of para-hydroxylation sites is 2. The quantitative estimate of drug-likeness (QED) is 0.728. The van der Waals surface area contributed by atoms with Crippen molar-refractivity contribution in [1.82, 2.24) is 4.98 Å². The van der Waals surface area contributed by atoms with E-state index in [9.17, 15) is 4.79 Å². The highest BCUT2D eigenvalue weighted by Crippen LogP contribution is 2.28. The SMILES string of the molecule is CCCc1nc(COc2ccccc2OC)sc1C(C)=O. The van der Waals surface area contributed by atoms with Crippen LogP contribution >= 0.6 is 11.3 Å². The minimum Gasteiger partial charge on any atom is -0.493 e. The maximum atomic E-state index is 11.6. The maximum absolute atomic E-state index is 11.6. The Morgan fingerprint density at radius 1 is 1.29 bits per heavy atom. The lowest BCUT2D eigenvalue weighted by Gasteiger charge is -2.08. The molecule has 1 aromatic heterocycles. The lowest BCUT2D eigenvalue weighted by Crippen LogP contribution is -1.98. The summed E-state index contributed by atoms with van der Waals surface area (Å²) in [7, 11) is 1.61. The van der Waals surface area contributed by atoms with Crippen LogP contribution in [0.3, 0.4) is 0 Å². The normalized spacial score (nSPS) is 10.4. The van der Waals surface area contributed by atoms with Crippen LogP contribution in [-0.4, -0.2) is 17.9 Å². The molecule has 0 spiro atoms. The molecule has 0 fully saturated rings. The Morgan fingerprint density at radius 3 is 2.62 bits per heavy atom. The van der Waals surface area contributed by atoms with Crippen molar-refractivity contribution < 1.29 is 14.3 Å². The van der Waals surface area contributed by atoms with Crippen LogP contribution in [0.15, 0.2) is 24.3 Å². The highest BCUT2D eigenvalue weighted by molar-refractivity contribution is 7.13. The van der Waals surface area contributed by atoms with Crippen LogP contribution in [0, 0.1) is 0 Å². The van der Waals surface area contributed by atoms with Crippen LogP contribution in [0.2, 0.25) is 0 Å². The first-order valence-electron chi connectivity index (χ1n) is 6.91. The molecule has 0 aliphatic carbocycles. The van der Waals surface area contributed by atoms with Crippen molar-refractivity contribution in [2.75, 3.05) is 7.11 Å². The first-order chi connectivity index (χ1) is 10.2. The minimum atomic E-state index is 0.0690. The Kier molecular flexibility index (Phi) is 5.33. The number of carbonyl (C=O) groups excluding carboxylic acids is 1. The number of hydrogen-bond donors (Lipinski definition) is 0. The van der Waals surface area contributed by atoms with Crippen LogP contribution in [0.5, 0.6) is 11.5 Å². The maximum Gasteiger partial charge on any atom is 0.171 e. The molecule has 0 bridgehead atoms. The molecule has 1 aromatic carbocycles. The summed E-state index contributed by atoms with van der Waals surface area (Å²) in [5.41, 5.74) is 0.883. The van der Waals surface area contributed by atoms with Gasteiger partial charge in [-0.1, -0.05) is 25.5 Å². The van der Waals surface area contributed by atoms with Gasteiger partial charge in [-0.3, -0.25) is 4.79 Å². The molecule has 0 saturated heterocycles. The van der Waals surface area contributed by atoms with E-state index in [1.165, 1.54) is 11.3 Å². The van der Waals surface area contributed by atoms with Crippen molar-refractivity contribution in [2.45, 2.75) is 33.3 Å². The number of aromatic nitrogens is 1. The number of methoxy groups -OCH3 is 1. The number of aryl methyl sites for hydroxylation is 1. The molecule has 0 aliphatic rings. The molecule has 0 amide bonds. The van der Waals surface area contributed by atoms with Gasteiger partial charge in [0.25, 0.3) is 0 Å². The van der Waals surface area contributed by atoms with E-state index in [0.29, 0.717) is 18.1 Å². The number of benzene rings is 1. The van der Waals surface area contributed by atoms with Crippen LogP contribution in [0.25, 0.3) is 0 Å². The molecule has 2 rings (SSSR count). The van der Waals surface area contributed by atoms with Crippen molar-refractivity contribution in [3.8, 4) is 11.5 Å². The molecule has 4 nitrogen and oxygen atoms in total. The van der Waals surface area contributed by atoms with E-state index in [1.807, 2.05) is 24.3 Å². The number of thiazole rings is 1. The zero-order chi connectivity index (χ0) is 15.2. The number of hydrogen-bond acceptors (Lipinski definition) is 5. The fourth-order valence-corrected chi connectivity index (χ4v) is 2.94. The molecule has 5 heteroatoms. The summed E-state index contributed by atoms with van der Waals surface area (Å²) >= 11 is 1.41. The first-order valence-corrected chi connectivity index (χ1v) is 7.72. The van der Waals surface area contributed by atoms with Crippen molar-refractivity contribution in [2.24, 2.45) is 0 Å². The smallest absolute Gasteiger partial charge is 0.171 e. The molecule has 0 saturated carbocycles. The fraction of sp³-hybridized carbons (Fsp3) is 0.375. The Bertz CT molecular complexity index is 622. The van der Waals surface area contributed by atoms with E-state index >= 15 is 0 Å². The average Bonchev–Trinajstić information content (AvgIpc) is 2.89. The summed E-state index contributed by atoms with van der Waals surface area (Å²) < 4.78 is 11.0. The number of nitrogens with zero attached hydrogens (tertiary/aromatic N) is 1. The molecule has 21 heavy (non-hydrogen) atoms. The summed E-state index contributed by atoms with van der Waals surface area (Å²) in [6.45, 7) is 4.00. The van der Waals surface area contributed by atoms with Gasteiger partial charge in [0.15, 0.2) is 17.3 Å². The Hall–Kier alpha value is -1.88. The third-order valence-corrected chi connectivity index (χ3v) is 4.14. The zero-order valence-corrected chi connectivity index (χ0v) is 13.3. The Labute approximate surface area is 128 Å². The van der Waals surface area contributed by atoms with Gasteiger partial charge in [0.2, 0.25) is 0 Å². The second-order valence-corrected chi connectivity index (χ2v) is 5.71. The van der Waals surface area contributed by atoms with Gasteiger partial charge in [0.1, 0.15) is 11.6 Å². The average molecular weight is 305 g/mol. The third kappa shape index (κ3) is 3.82. The third-order valence-electron chi connectivity index (χ3n) is 2.97. The molecule has 1 heterocycles. The summed E-state index contributed by atoms with van der Waals surface area (Å²) in [6.07, 6.45) is 1.79. The van der Waals surface area contributed by atoms with Crippen molar-refractivity contribution >= 4 is 17.1 Å². The molecule has 0 radical (unpaired) electrons. The van der Waals surface area contributed by atoms with Gasteiger partial charge in [0, 0.05) is 6.92 Å². The zero-order valence-electron chi connectivity index (χ0n) is 12.5. The minimum absolute atomic E-state index is 0.0690. The van der Waals surface area contributed by atoms with Crippen molar-refractivity contribution in [3.63, 3.8) is 0 Å². The molecule has 0 aliphatic heterocycles. The lowest BCUT2D eigenvalue weighted by atomic mass is 10.2. The van der Waals surface area contributed by atoms with Crippen LogP contribution in [0.4, 0.5) is 0 Å². The molecule has 0 N–H and O–H groups in total. The topological polar surface area (TPSA) is 48.4 Å². The molecular weight excluding hydrogens is 286 g/mol. The van der Waals surface area contributed by atoms with Gasteiger partial charge < -0.3 is 9.47 Å². The van der Waals surface area contributed by atoms with Crippen molar-refractivity contribution in [1.29, 1.82) is 0 Å². The highest BCUT2D eigenvalue weighted by atomic mass is 32.1. The number of rotatable bonds is 7. The van der Waals surface area contributed by atoms with E-state index in [-0.39, 0.29) is 5.78 Å². The number of Topliss-reactive ketones (excluding diaryl/α,β-unsaturated/α-hetero) is 1. The van der Waals surface area contributed by atoms with E-state index in [2.05, 4.69) is 11.9 Å². The Morgan fingerprint density at radius 2 is 2.00 bits per heavy atom. The van der Waals surface area contributed by atoms with E-state index in [1.54, 1.807) is 14.0 Å².